The van der Waals surface area contributed by atoms with Crippen LogP contribution in [0.25, 0.3) is 0 Å². The molecule has 2 saturated carbocycles. The molecule has 2 aliphatic carbocycles. The Balaban J connectivity index is 1.74. The van der Waals surface area contributed by atoms with Gasteiger partial charge in [0, 0.05) is 24.7 Å². The van der Waals surface area contributed by atoms with Crippen molar-refractivity contribution in [2.24, 2.45) is 11.7 Å². The molecule has 5 heteroatoms. The molecule has 3 unspecified atom stereocenters. The van der Waals surface area contributed by atoms with Gasteiger partial charge in [-0.1, -0.05) is 0 Å². The van der Waals surface area contributed by atoms with Gasteiger partial charge in [0.1, 0.15) is 5.60 Å². The van der Waals surface area contributed by atoms with Crippen LogP contribution < -0.4 is 16.4 Å². The van der Waals surface area contributed by atoms with Crippen molar-refractivity contribution in [3.63, 3.8) is 0 Å². The highest BCUT2D eigenvalue weighted by molar-refractivity contribution is 5.68. The number of nitrogens with two attached hydrogens (primary N) is 1. The molecule has 20 heavy (non-hydrogen) atoms. The molecule has 0 bridgehead atoms. The number of carbonyl (C=O) groups excluding carboxylic acids is 1. The first kappa shape index (κ1) is 15.6. The number of hydrogen-bond acceptors (Lipinski definition) is 4. The fourth-order valence-corrected chi connectivity index (χ4v) is 2.79. The molecule has 3 atom stereocenters. The van der Waals surface area contributed by atoms with Crippen LogP contribution in [0.4, 0.5) is 4.79 Å². The van der Waals surface area contributed by atoms with Crippen LogP contribution in [-0.4, -0.2) is 36.4 Å². The molecule has 0 radical (unpaired) electrons. The number of nitrogens with one attached hydrogen (secondary N) is 2. The van der Waals surface area contributed by atoms with Crippen LogP contribution in [0.3, 0.4) is 0 Å². The average molecular weight is 283 g/mol. The molecule has 0 heterocycles. The van der Waals surface area contributed by atoms with E-state index in [1.165, 1.54) is 12.8 Å². The number of carbonyl (C=O) groups is 1. The smallest absolute Gasteiger partial charge is 0.407 e. The van der Waals surface area contributed by atoms with Crippen molar-refractivity contribution in [2.75, 3.05) is 6.54 Å². The molecule has 0 aromatic heterocycles. The van der Waals surface area contributed by atoms with E-state index < -0.39 is 5.60 Å². The Morgan fingerprint density at radius 3 is 2.50 bits per heavy atom. The van der Waals surface area contributed by atoms with Crippen LogP contribution in [0.1, 0.15) is 52.9 Å². The second kappa shape index (κ2) is 6.31. The predicted molar refractivity (Wildman–Crippen MR) is 79.5 cm³/mol. The summed E-state index contributed by atoms with van der Waals surface area (Å²) >= 11 is 0. The van der Waals surface area contributed by atoms with Gasteiger partial charge < -0.3 is 21.1 Å². The summed E-state index contributed by atoms with van der Waals surface area (Å²) in [5, 5.41) is 6.57. The Hall–Kier alpha value is -0.810. The monoisotopic (exact) mass is 283 g/mol. The number of rotatable bonds is 5. The summed E-state index contributed by atoms with van der Waals surface area (Å²) in [6.45, 7) is 6.48. The lowest BCUT2D eigenvalue weighted by molar-refractivity contribution is 0.0496. The maximum Gasteiger partial charge on any atom is 0.407 e. The average Bonchev–Trinajstić information content (AvgIpc) is 3.06. The maximum atomic E-state index is 11.9. The predicted octanol–water partition coefficient (Wildman–Crippen LogP) is 1.76. The summed E-state index contributed by atoms with van der Waals surface area (Å²) in [5.41, 5.74) is 5.48. The zero-order chi connectivity index (χ0) is 14.8. The molecule has 4 N–H and O–H groups in total. The first-order valence-electron chi connectivity index (χ1n) is 7.82. The third-order valence-electron chi connectivity index (χ3n) is 3.99. The lowest BCUT2D eigenvalue weighted by Gasteiger charge is -2.25. The number of ether oxygens (including phenoxy) is 1. The van der Waals surface area contributed by atoms with Crippen molar-refractivity contribution >= 4 is 6.09 Å². The van der Waals surface area contributed by atoms with Crippen LogP contribution >= 0.6 is 0 Å². The quantitative estimate of drug-likeness (QED) is 0.718. The van der Waals surface area contributed by atoms with Gasteiger partial charge in [-0.25, -0.2) is 4.79 Å². The standard InChI is InChI=1S/C15H29N3O2/c1-15(2,3)20-14(19)18-13(10-4-5-10)9-17-12-7-6-11(16)8-12/h10-13,17H,4-9,16H2,1-3H3,(H,18,19). The molecule has 2 fully saturated rings. The summed E-state index contributed by atoms with van der Waals surface area (Å²) in [6, 6.07) is 1.03. The summed E-state index contributed by atoms with van der Waals surface area (Å²) in [7, 11) is 0. The van der Waals surface area contributed by atoms with Crippen molar-refractivity contribution in [3.05, 3.63) is 0 Å². The highest BCUT2D eigenvalue weighted by Crippen LogP contribution is 2.32. The van der Waals surface area contributed by atoms with E-state index in [2.05, 4.69) is 10.6 Å². The van der Waals surface area contributed by atoms with Gasteiger partial charge >= 0.3 is 6.09 Å². The molecule has 2 aliphatic rings. The Morgan fingerprint density at radius 1 is 1.30 bits per heavy atom. The lowest BCUT2D eigenvalue weighted by Crippen LogP contribution is -2.47. The van der Waals surface area contributed by atoms with Crippen molar-refractivity contribution < 1.29 is 9.53 Å². The van der Waals surface area contributed by atoms with Crippen molar-refractivity contribution in [2.45, 2.75) is 76.6 Å². The molecule has 0 saturated heterocycles. The Morgan fingerprint density at radius 2 is 2.00 bits per heavy atom. The van der Waals surface area contributed by atoms with Crippen molar-refractivity contribution in [1.82, 2.24) is 10.6 Å². The molecule has 0 spiro atoms. The number of amides is 1. The fourth-order valence-electron chi connectivity index (χ4n) is 2.79. The van der Waals surface area contributed by atoms with Gasteiger partial charge in [0.2, 0.25) is 0 Å². The van der Waals surface area contributed by atoms with Crippen LogP contribution in [0.15, 0.2) is 0 Å². The van der Waals surface area contributed by atoms with Crippen LogP contribution in [-0.2, 0) is 4.74 Å². The molecule has 2 rings (SSSR count). The minimum Gasteiger partial charge on any atom is -0.444 e. The fraction of sp³-hybridized carbons (Fsp3) is 0.933. The molecule has 1 amide bonds. The molecule has 0 aromatic rings. The van der Waals surface area contributed by atoms with Gasteiger partial charge in [-0.15, -0.1) is 0 Å². The van der Waals surface area contributed by atoms with Gasteiger partial charge in [0.05, 0.1) is 0 Å². The Labute approximate surface area is 122 Å². The third-order valence-corrected chi connectivity index (χ3v) is 3.99. The van der Waals surface area contributed by atoms with Crippen molar-refractivity contribution in [1.29, 1.82) is 0 Å². The molecular weight excluding hydrogens is 254 g/mol. The van der Waals surface area contributed by atoms with E-state index in [1.807, 2.05) is 20.8 Å². The first-order valence-corrected chi connectivity index (χ1v) is 7.82. The topological polar surface area (TPSA) is 76.4 Å². The van der Waals surface area contributed by atoms with E-state index in [1.54, 1.807) is 0 Å². The van der Waals surface area contributed by atoms with Gasteiger partial charge in [-0.2, -0.15) is 0 Å². The zero-order valence-corrected chi connectivity index (χ0v) is 12.9. The van der Waals surface area contributed by atoms with Crippen LogP contribution in [0.5, 0.6) is 0 Å². The Kier molecular flexibility index (Phi) is 4.91. The molecule has 0 aliphatic heterocycles. The summed E-state index contributed by atoms with van der Waals surface area (Å²) in [6.07, 6.45) is 5.39. The zero-order valence-electron chi connectivity index (χ0n) is 12.9. The molecule has 5 nitrogen and oxygen atoms in total. The molecule has 0 aromatic carbocycles. The second-order valence-corrected chi connectivity index (χ2v) is 7.27. The van der Waals surface area contributed by atoms with E-state index in [-0.39, 0.29) is 12.1 Å². The second-order valence-electron chi connectivity index (χ2n) is 7.27. The largest absolute Gasteiger partial charge is 0.444 e. The van der Waals surface area contributed by atoms with Gasteiger partial charge in [0.25, 0.3) is 0 Å². The van der Waals surface area contributed by atoms with Gasteiger partial charge in [-0.3, -0.25) is 0 Å². The summed E-state index contributed by atoms with van der Waals surface area (Å²) in [5.74, 6) is 0.602. The molecule has 116 valence electrons. The summed E-state index contributed by atoms with van der Waals surface area (Å²) in [4.78, 5) is 11.9. The number of hydrogen-bond donors (Lipinski definition) is 3. The third kappa shape index (κ3) is 5.29. The van der Waals surface area contributed by atoms with Crippen LogP contribution in [0, 0.1) is 5.92 Å². The van der Waals surface area contributed by atoms with E-state index >= 15 is 0 Å². The minimum atomic E-state index is -0.441. The Bertz CT molecular complexity index is 337. The van der Waals surface area contributed by atoms with Crippen molar-refractivity contribution in [3.8, 4) is 0 Å². The highest BCUT2D eigenvalue weighted by atomic mass is 16.6. The van der Waals surface area contributed by atoms with E-state index in [9.17, 15) is 4.79 Å². The highest BCUT2D eigenvalue weighted by Gasteiger charge is 2.34. The van der Waals surface area contributed by atoms with E-state index in [0.29, 0.717) is 18.0 Å². The van der Waals surface area contributed by atoms with Crippen LogP contribution in [0.2, 0.25) is 0 Å². The van der Waals surface area contributed by atoms with Gasteiger partial charge in [0.15, 0.2) is 0 Å². The SMILES string of the molecule is CC(C)(C)OC(=O)NC(CNC1CCC(N)C1)C1CC1. The summed E-state index contributed by atoms with van der Waals surface area (Å²) < 4.78 is 5.34. The molecular formula is C15H29N3O2. The first-order chi connectivity index (χ1) is 9.33. The minimum absolute atomic E-state index is 0.182. The normalized spacial score (nSPS) is 28.2. The lowest BCUT2D eigenvalue weighted by atomic mass is 10.1. The maximum absolute atomic E-state index is 11.9. The van der Waals surface area contributed by atoms with E-state index in [0.717, 1.165) is 25.8 Å². The van der Waals surface area contributed by atoms with E-state index in [4.69, 9.17) is 10.5 Å². The van der Waals surface area contributed by atoms with Gasteiger partial charge in [-0.05, 0) is 58.8 Å². The number of alkyl carbamates (subject to hydrolysis) is 1.